The second-order valence-electron chi connectivity index (χ2n) is 9.63. The highest BCUT2D eigenvalue weighted by molar-refractivity contribution is 6.00. The lowest BCUT2D eigenvalue weighted by atomic mass is 9.76. The van der Waals surface area contributed by atoms with Crippen molar-refractivity contribution >= 4 is 23.3 Å². The minimum atomic E-state index is -0.884. The molecule has 1 fully saturated rings. The van der Waals surface area contributed by atoms with Gasteiger partial charge in [0.1, 0.15) is 0 Å². The number of amides is 1. The molecular weight excluding hydrogens is 458 g/mol. The van der Waals surface area contributed by atoms with Crippen LogP contribution in [0.5, 0.6) is 0 Å². The number of rotatable bonds is 6. The summed E-state index contributed by atoms with van der Waals surface area (Å²) >= 11 is 0. The molecule has 0 aromatic heterocycles. The second-order valence-corrected chi connectivity index (χ2v) is 9.63. The van der Waals surface area contributed by atoms with E-state index in [0.717, 1.165) is 28.9 Å². The van der Waals surface area contributed by atoms with Gasteiger partial charge < -0.3 is 19.5 Å². The third-order valence-electron chi connectivity index (χ3n) is 7.20. The van der Waals surface area contributed by atoms with E-state index in [2.05, 4.69) is 40.1 Å². The lowest BCUT2D eigenvalue weighted by molar-refractivity contribution is -0.159. The zero-order valence-corrected chi connectivity index (χ0v) is 20.7. The van der Waals surface area contributed by atoms with Crippen LogP contribution in [0.3, 0.4) is 0 Å². The van der Waals surface area contributed by atoms with Crippen LogP contribution in [-0.4, -0.2) is 43.7 Å². The molecule has 0 unspecified atom stereocenters. The van der Waals surface area contributed by atoms with E-state index in [-0.39, 0.29) is 30.3 Å². The van der Waals surface area contributed by atoms with Crippen LogP contribution in [-0.2, 0) is 19.0 Å². The number of allylic oxidation sites excluding steroid dienone is 2. The Labute approximate surface area is 210 Å². The third-order valence-corrected chi connectivity index (χ3v) is 7.20. The van der Waals surface area contributed by atoms with E-state index in [1.54, 1.807) is 6.92 Å². The van der Waals surface area contributed by atoms with Crippen molar-refractivity contribution in [2.24, 2.45) is 11.0 Å². The van der Waals surface area contributed by atoms with Crippen LogP contribution >= 0.6 is 0 Å². The molecule has 8 nitrogen and oxygen atoms in total. The Kier molecular flexibility index (Phi) is 6.64. The van der Waals surface area contributed by atoms with Crippen molar-refractivity contribution in [3.8, 4) is 0 Å². The zero-order valence-electron chi connectivity index (χ0n) is 20.7. The Balaban J connectivity index is 1.32. The van der Waals surface area contributed by atoms with Gasteiger partial charge in [-0.25, -0.2) is 10.2 Å². The number of hydrazone groups is 1. The molecule has 2 aliphatic heterocycles. The smallest absolute Gasteiger partial charge is 0.337 e. The van der Waals surface area contributed by atoms with Gasteiger partial charge in [0.2, 0.25) is 5.91 Å². The number of fused-ring (bicyclic) bond motifs is 3. The maximum Gasteiger partial charge on any atom is 0.337 e. The summed E-state index contributed by atoms with van der Waals surface area (Å²) < 4.78 is 15.8. The number of esters is 1. The predicted octanol–water partition coefficient (Wildman–Crippen LogP) is 4.29. The number of methoxy groups -OCH3 is 1. The van der Waals surface area contributed by atoms with Crippen LogP contribution in [0, 0.1) is 5.92 Å². The second kappa shape index (κ2) is 9.87. The van der Waals surface area contributed by atoms with E-state index in [1.165, 1.54) is 12.7 Å². The highest BCUT2D eigenvalue weighted by Crippen LogP contribution is 2.50. The van der Waals surface area contributed by atoms with Crippen molar-refractivity contribution in [1.29, 1.82) is 0 Å². The quantitative estimate of drug-likeness (QED) is 0.272. The summed E-state index contributed by atoms with van der Waals surface area (Å²) in [6.07, 6.45) is 5.58. The molecule has 2 N–H and O–H groups in total. The van der Waals surface area contributed by atoms with Gasteiger partial charge in [-0.3, -0.25) is 4.79 Å². The fourth-order valence-electron chi connectivity index (χ4n) is 5.29. The van der Waals surface area contributed by atoms with Gasteiger partial charge in [-0.1, -0.05) is 30.4 Å². The summed E-state index contributed by atoms with van der Waals surface area (Å²) in [7, 11) is 1.39. The largest absolute Gasteiger partial charge is 0.465 e. The Morgan fingerprint density at radius 1 is 1.14 bits per heavy atom. The van der Waals surface area contributed by atoms with E-state index < -0.39 is 5.79 Å². The van der Waals surface area contributed by atoms with Crippen LogP contribution in [0.1, 0.15) is 65.7 Å². The number of hydrogen-bond donors (Lipinski definition) is 2. The molecule has 2 heterocycles. The average Bonchev–Trinajstić information content (AvgIpc) is 3.56. The molecule has 0 saturated carbocycles. The first-order valence-electron chi connectivity index (χ1n) is 12.2. The van der Waals surface area contributed by atoms with Gasteiger partial charge in [0.25, 0.3) is 0 Å². The Morgan fingerprint density at radius 3 is 2.58 bits per heavy atom. The lowest BCUT2D eigenvalue weighted by Crippen LogP contribution is -2.33. The molecule has 1 aliphatic carbocycles. The highest BCUT2D eigenvalue weighted by Gasteiger charge is 2.38. The summed E-state index contributed by atoms with van der Waals surface area (Å²) in [5.74, 6) is -0.839. The number of carbonyl (C=O) groups is 2. The Morgan fingerprint density at radius 2 is 1.86 bits per heavy atom. The predicted molar refractivity (Wildman–Crippen MR) is 136 cm³/mol. The average molecular weight is 490 g/mol. The number of benzene rings is 2. The SMILES string of the molecule is COC(=O)c1ccc([C@@H]2Nc3ccc(/C(C)=N\NC(=O)CC4(C)OCCO4)cc3[C@@H]3C=CC[C@@H]32)cc1. The van der Waals surface area contributed by atoms with Crippen molar-refractivity contribution in [2.45, 2.75) is 44.4 Å². The monoisotopic (exact) mass is 489 g/mol. The summed E-state index contributed by atoms with van der Waals surface area (Å²) in [5, 5.41) is 8.04. The molecule has 0 spiro atoms. The van der Waals surface area contributed by atoms with Gasteiger partial charge >= 0.3 is 5.97 Å². The summed E-state index contributed by atoms with van der Waals surface area (Å²) in [5.41, 5.74) is 8.29. The molecule has 1 amide bonds. The van der Waals surface area contributed by atoms with Crippen LogP contribution in [0.2, 0.25) is 0 Å². The zero-order chi connectivity index (χ0) is 25.3. The first-order valence-corrected chi connectivity index (χ1v) is 12.2. The standard InChI is InChI=1S/C28H31N3O5/c1-17(30-31-25(32)16-28(2)35-13-14-36-28)20-11-12-24-23(15-20)21-5-4-6-22(21)26(29-24)18-7-9-19(10-8-18)27(33)34-3/h4-5,7-12,15,21-22,26,29H,6,13-14,16H2,1-3H3,(H,31,32)/b30-17-/t21-,22+,26+/m1/s1. The highest BCUT2D eigenvalue weighted by atomic mass is 16.7. The summed E-state index contributed by atoms with van der Waals surface area (Å²) in [4.78, 5) is 24.2. The number of nitrogens with one attached hydrogen (secondary N) is 2. The molecule has 36 heavy (non-hydrogen) atoms. The Bertz CT molecular complexity index is 1210. The fraction of sp³-hybridized carbons (Fsp3) is 0.393. The lowest BCUT2D eigenvalue weighted by Gasteiger charge is -2.37. The van der Waals surface area contributed by atoms with E-state index >= 15 is 0 Å². The Hall–Kier alpha value is -3.49. The van der Waals surface area contributed by atoms with Crippen LogP contribution in [0.4, 0.5) is 5.69 Å². The van der Waals surface area contributed by atoms with Crippen molar-refractivity contribution < 1.29 is 23.8 Å². The van der Waals surface area contributed by atoms with Gasteiger partial charge in [0.05, 0.1) is 44.1 Å². The van der Waals surface area contributed by atoms with E-state index in [1.807, 2.05) is 37.3 Å². The van der Waals surface area contributed by atoms with Crippen LogP contribution < -0.4 is 10.7 Å². The molecule has 188 valence electrons. The van der Waals surface area contributed by atoms with Crippen LogP contribution in [0.25, 0.3) is 0 Å². The molecule has 3 atom stereocenters. The molecule has 3 aliphatic rings. The topological polar surface area (TPSA) is 98.2 Å². The first-order chi connectivity index (χ1) is 17.4. The number of ether oxygens (including phenoxy) is 3. The number of anilines is 1. The van der Waals surface area contributed by atoms with E-state index in [0.29, 0.717) is 24.7 Å². The minimum absolute atomic E-state index is 0.0917. The number of nitrogens with zero attached hydrogens (tertiary/aromatic N) is 1. The van der Waals surface area contributed by atoms with Gasteiger partial charge in [-0.15, -0.1) is 0 Å². The molecular formula is C28H31N3O5. The van der Waals surface area contributed by atoms with Gasteiger partial charge in [-0.2, -0.15) is 5.10 Å². The number of hydrogen-bond acceptors (Lipinski definition) is 7. The van der Waals surface area contributed by atoms with E-state index in [9.17, 15) is 9.59 Å². The number of carbonyl (C=O) groups excluding carboxylic acids is 2. The third kappa shape index (κ3) is 4.79. The fourth-order valence-corrected chi connectivity index (χ4v) is 5.29. The molecule has 2 aromatic carbocycles. The molecule has 1 saturated heterocycles. The summed E-state index contributed by atoms with van der Waals surface area (Å²) in [6, 6.07) is 14.0. The first kappa shape index (κ1) is 24.2. The van der Waals surface area contributed by atoms with Gasteiger partial charge in [0, 0.05) is 11.6 Å². The van der Waals surface area contributed by atoms with Crippen molar-refractivity contribution in [2.75, 3.05) is 25.6 Å². The maximum atomic E-state index is 12.3. The van der Waals surface area contributed by atoms with Crippen molar-refractivity contribution in [3.05, 3.63) is 76.9 Å². The molecule has 2 aromatic rings. The van der Waals surface area contributed by atoms with Crippen molar-refractivity contribution in [1.82, 2.24) is 5.43 Å². The molecule has 0 bridgehead atoms. The summed E-state index contributed by atoms with van der Waals surface area (Å²) in [6.45, 7) is 4.63. The van der Waals surface area contributed by atoms with E-state index in [4.69, 9.17) is 14.2 Å². The maximum absolute atomic E-state index is 12.3. The van der Waals surface area contributed by atoms with Crippen molar-refractivity contribution in [3.63, 3.8) is 0 Å². The van der Waals surface area contributed by atoms with Gasteiger partial charge in [0.15, 0.2) is 5.79 Å². The molecule has 0 radical (unpaired) electrons. The van der Waals surface area contributed by atoms with Crippen LogP contribution in [0.15, 0.2) is 59.7 Å². The molecule has 5 rings (SSSR count). The molecule has 8 heteroatoms. The normalized spacial score (nSPS) is 24.0. The van der Waals surface area contributed by atoms with Gasteiger partial charge in [-0.05, 0) is 67.1 Å². The minimum Gasteiger partial charge on any atom is -0.465 e.